The predicted octanol–water partition coefficient (Wildman–Crippen LogP) is 3.29. The maximum atomic E-state index is 12.7. The fourth-order valence-electron chi connectivity index (χ4n) is 4.55. The van der Waals surface area contributed by atoms with Crippen LogP contribution < -0.4 is 26.8 Å². The molecule has 0 aliphatic carbocycles. The van der Waals surface area contributed by atoms with Crippen molar-refractivity contribution in [3.63, 3.8) is 0 Å². The maximum absolute atomic E-state index is 12.7. The Hall–Kier alpha value is -4.79. The summed E-state index contributed by atoms with van der Waals surface area (Å²) in [5.74, 6) is -0.625. The number of carbonyl (C=O) groups is 3. The number of nitrogens with one attached hydrogen (secondary N) is 5. The third kappa shape index (κ3) is 10.9. The Morgan fingerprint density at radius 3 is 2.36 bits per heavy atom. The minimum atomic E-state index is -2.07. The van der Waals surface area contributed by atoms with Crippen LogP contribution in [0, 0.1) is 0 Å². The summed E-state index contributed by atoms with van der Waals surface area (Å²) in [6.45, 7) is 4.93. The van der Waals surface area contributed by atoms with Crippen molar-refractivity contribution in [2.24, 2.45) is 0 Å². The standard InChI is InChI=1S/C33H41N7O6S/c1-32(2,3)46-31(44)34-20-23-11-9-10-22(18-23)19-27(42)36-30-40-39-28(47-30)15-8-7-14-25-16-17-26(38-37-25)35-29(43)33(45,21-41)24-12-5-4-6-13-24/h4-6,9-13,16-18,37-38,41,45H,7-8,14-15,19-21H2,1-3H3,(H,34,44)(H,35,43)(H,36,40,42). The quantitative estimate of drug-likeness (QED) is 0.126. The molecule has 13 nitrogen and oxygen atoms in total. The number of hydrogen-bond donors (Lipinski definition) is 7. The SMILES string of the molecule is CC(C)(C)OC(=O)NCc1cccc(CC(=O)Nc2nnc(CCCCC3=CC=C(NC(=O)C(O)(CO)c4ccccc4)NN3)s2)c1. The fraction of sp³-hybridized carbons (Fsp3) is 0.364. The summed E-state index contributed by atoms with van der Waals surface area (Å²) >= 11 is 1.34. The van der Waals surface area contributed by atoms with Crippen LogP contribution in [0.1, 0.15) is 61.7 Å². The van der Waals surface area contributed by atoms with Crippen LogP contribution in [-0.2, 0) is 39.3 Å². The van der Waals surface area contributed by atoms with Crippen molar-refractivity contribution >= 4 is 34.4 Å². The van der Waals surface area contributed by atoms with Gasteiger partial charge in [-0.05, 0) is 68.9 Å². The zero-order valence-corrected chi connectivity index (χ0v) is 27.4. The van der Waals surface area contributed by atoms with E-state index in [2.05, 4.69) is 37.0 Å². The van der Waals surface area contributed by atoms with E-state index in [1.54, 1.807) is 57.2 Å². The highest BCUT2D eigenvalue weighted by atomic mass is 32.1. The Kier molecular flexibility index (Phi) is 12.1. The van der Waals surface area contributed by atoms with E-state index in [4.69, 9.17) is 4.74 Å². The van der Waals surface area contributed by atoms with Crippen LogP contribution in [0.15, 0.2) is 78.3 Å². The van der Waals surface area contributed by atoms with Gasteiger partial charge in [0.15, 0.2) is 5.60 Å². The predicted molar refractivity (Wildman–Crippen MR) is 177 cm³/mol. The Morgan fingerprint density at radius 1 is 0.915 bits per heavy atom. The molecule has 14 heteroatoms. The minimum Gasteiger partial charge on any atom is -0.444 e. The molecule has 3 aromatic rings. The zero-order valence-electron chi connectivity index (χ0n) is 26.6. The number of unbranched alkanes of at least 4 members (excludes halogenated alkanes) is 1. The summed E-state index contributed by atoms with van der Waals surface area (Å²) in [5, 5.41) is 38.2. The van der Waals surface area contributed by atoms with Crippen LogP contribution in [0.5, 0.6) is 0 Å². The number of anilines is 1. The number of alkyl carbamates (subject to hydrolysis) is 1. The lowest BCUT2D eigenvalue weighted by Gasteiger charge is -2.27. The Balaban J connectivity index is 1.16. The molecule has 1 aliphatic rings. The smallest absolute Gasteiger partial charge is 0.407 e. The summed E-state index contributed by atoms with van der Waals surface area (Å²) in [5.41, 5.74) is 6.15. The molecule has 1 unspecified atom stereocenters. The van der Waals surface area contributed by atoms with Crippen molar-refractivity contribution in [2.75, 3.05) is 11.9 Å². The van der Waals surface area contributed by atoms with Crippen LogP contribution >= 0.6 is 11.3 Å². The second-order valence-corrected chi connectivity index (χ2v) is 13.0. The molecule has 0 fully saturated rings. The second-order valence-electron chi connectivity index (χ2n) is 12.0. The molecule has 1 aromatic heterocycles. The number of aliphatic hydroxyl groups is 2. The molecule has 4 rings (SSSR count). The van der Waals surface area contributed by atoms with Gasteiger partial charge in [0.2, 0.25) is 11.0 Å². The average molecular weight is 664 g/mol. The van der Waals surface area contributed by atoms with Gasteiger partial charge < -0.3 is 36.3 Å². The van der Waals surface area contributed by atoms with Gasteiger partial charge in [0.05, 0.1) is 13.0 Å². The van der Waals surface area contributed by atoms with E-state index in [1.807, 2.05) is 30.3 Å². The Bertz CT molecular complexity index is 1600. The molecule has 0 bridgehead atoms. The number of ether oxygens (including phenoxy) is 1. The van der Waals surface area contributed by atoms with Crippen LogP contribution in [-0.4, -0.2) is 50.5 Å². The number of amides is 3. The van der Waals surface area contributed by atoms with Crippen molar-refractivity contribution in [2.45, 2.75) is 70.6 Å². The highest BCUT2D eigenvalue weighted by Crippen LogP contribution is 2.22. The molecule has 2 aromatic carbocycles. The van der Waals surface area contributed by atoms with E-state index in [9.17, 15) is 24.6 Å². The first-order chi connectivity index (χ1) is 22.4. The number of aryl methyl sites for hydroxylation is 1. The fourth-order valence-corrected chi connectivity index (χ4v) is 5.35. The van der Waals surface area contributed by atoms with E-state index >= 15 is 0 Å². The van der Waals surface area contributed by atoms with Crippen molar-refractivity contribution in [1.29, 1.82) is 0 Å². The van der Waals surface area contributed by atoms with E-state index in [-0.39, 0.29) is 18.9 Å². The lowest BCUT2D eigenvalue weighted by atomic mass is 9.94. The van der Waals surface area contributed by atoms with Gasteiger partial charge in [-0.3, -0.25) is 15.0 Å². The molecule has 47 heavy (non-hydrogen) atoms. The number of rotatable bonds is 14. The number of aromatic nitrogens is 2. The Labute approximate surface area is 277 Å². The topological polar surface area (TPSA) is 187 Å². The number of benzene rings is 2. The highest BCUT2D eigenvalue weighted by molar-refractivity contribution is 7.15. The summed E-state index contributed by atoms with van der Waals surface area (Å²) in [6, 6.07) is 15.7. The maximum Gasteiger partial charge on any atom is 0.407 e. The molecular formula is C33H41N7O6S. The molecule has 0 radical (unpaired) electrons. The summed E-state index contributed by atoms with van der Waals surface area (Å²) < 4.78 is 5.26. The number of hydrazine groups is 1. The van der Waals surface area contributed by atoms with Gasteiger partial charge in [-0.25, -0.2) is 4.79 Å². The van der Waals surface area contributed by atoms with Gasteiger partial charge >= 0.3 is 6.09 Å². The monoisotopic (exact) mass is 663 g/mol. The van der Waals surface area contributed by atoms with Gasteiger partial charge in [-0.1, -0.05) is 65.9 Å². The van der Waals surface area contributed by atoms with Crippen LogP contribution in [0.25, 0.3) is 0 Å². The molecule has 0 saturated carbocycles. The molecule has 1 aliphatic heterocycles. The number of hydrogen-bond acceptors (Lipinski definition) is 11. The summed E-state index contributed by atoms with van der Waals surface area (Å²) in [7, 11) is 0. The molecule has 3 amide bonds. The van der Waals surface area contributed by atoms with Crippen LogP contribution in [0.2, 0.25) is 0 Å². The third-order valence-electron chi connectivity index (χ3n) is 6.90. The van der Waals surface area contributed by atoms with E-state index in [0.29, 0.717) is 22.9 Å². The minimum absolute atomic E-state index is 0.153. The zero-order chi connectivity index (χ0) is 33.9. The van der Waals surface area contributed by atoms with Gasteiger partial charge in [0, 0.05) is 18.7 Å². The summed E-state index contributed by atoms with van der Waals surface area (Å²) in [4.78, 5) is 37.3. The molecule has 0 spiro atoms. The van der Waals surface area contributed by atoms with E-state index in [0.717, 1.165) is 41.1 Å². The lowest BCUT2D eigenvalue weighted by molar-refractivity contribution is -0.144. The molecule has 250 valence electrons. The first-order valence-corrected chi connectivity index (χ1v) is 16.1. The number of allylic oxidation sites excluding steroid dienone is 3. The average Bonchev–Trinajstić information content (AvgIpc) is 3.49. The normalized spacial score (nSPS) is 14.0. The second kappa shape index (κ2) is 16.2. The lowest BCUT2D eigenvalue weighted by Crippen LogP contribution is -2.50. The first-order valence-electron chi connectivity index (χ1n) is 15.2. The van der Waals surface area contributed by atoms with Crippen LogP contribution in [0.3, 0.4) is 0 Å². The Morgan fingerprint density at radius 2 is 1.66 bits per heavy atom. The number of aliphatic hydroxyl groups excluding tert-OH is 1. The number of nitrogens with zero attached hydrogens (tertiary/aromatic N) is 2. The molecule has 0 saturated heterocycles. The van der Waals surface area contributed by atoms with Gasteiger partial charge in [0.25, 0.3) is 5.91 Å². The van der Waals surface area contributed by atoms with Gasteiger partial charge in [-0.15, -0.1) is 10.2 Å². The first kappa shape index (κ1) is 35.1. The highest BCUT2D eigenvalue weighted by Gasteiger charge is 2.37. The third-order valence-corrected chi connectivity index (χ3v) is 7.80. The summed E-state index contributed by atoms with van der Waals surface area (Å²) in [6.07, 6.45) is 6.32. The molecule has 7 N–H and O–H groups in total. The van der Waals surface area contributed by atoms with Crippen molar-refractivity contribution in [1.82, 2.24) is 31.7 Å². The molecular weight excluding hydrogens is 622 g/mol. The molecule has 1 atom stereocenters. The van der Waals surface area contributed by atoms with Crippen molar-refractivity contribution in [3.8, 4) is 0 Å². The van der Waals surface area contributed by atoms with Crippen molar-refractivity contribution < 1.29 is 29.3 Å². The molecule has 2 heterocycles. The van der Waals surface area contributed by atoms with Crippen LogP contribution in [0.4, 0.5) is 9.93 Å². The van der Waals surface area contributed by atoms with Gasteiger partial charge in [-0.2, -0.15) is 0 Å². The van der Waals surface area contributed by atoms with E-state index < -0.39 is 29.8 Å². The number of carbonyl (C=O) groups excluding carboxylic acids is 3. The van der Waals surface area contributed by atoms with E-state index in [1.165, 1.54) is 11.3 Å². The largest absolute Gasteiger partial charge is 0.444 e. The van der Waals surface area contributed by atoms with Gasteiger partial charge in [0.1, 0.15) is 16.4 Å². The van der Waals surface area contributed by atoms with Crippen molar-refractivity contribution in [3.05, 3.63) is 100.0 Å².